The molecule has 0 aliphatic heterocycles. The van der Waals surface area contributed by atoms with Crippen molar-refractivity contribution in [1.82, 2.24) is 4.98 Å². The normalized spacial score (nSPS) is 11.6. The third-order valence-corrected chi connectivity index (χ3v) is 4.05. The number of Topliss-reactive ketones (excluding diaryl/α,β-unsaturated/α-hetero) is 1. The summed E-state index contributed by atoms with van der Waals surface area (Å²) in [5, 5.41) is 0. The van der Waals surface area contributed by atoms with Gasteiger partial charge in [0.05, 0.1) is 25.5 Å². The summed E-state index contributed by atoms with van der Waals surface area (Å²) in [6.45, 7) is 4.78. The predicted molar refractivity (Wildman–Crippen MR) is 93.8 cm³/mol. The van der Waals surface area contributed by atoms with E-state index in [9.17, 15) is 14.4 Å². The summed E-state index contributed by atoms with van der Waals surface area (Å²) >= 11 is 0. The molecule has 1 heterocycles. The van der Waals surface area contributed by atoms with Crippen molar-refractivity contribution in [3.05, 3.63) is 52.3 Å². The minimum Gasteiger partial charge on any atom is -0.496 e. The predicted octanol–water partition coefficient (Wildman–Crippen LogP) is 2.85. The number of ketones is 1. The third-order valence-electron chi connectivity index (χ3n) is 4.05. The molecule has 1 aromatic heterocycles. The molecule has 7 nitrogen and oxygen atoms in total. The lowest BCUT2D eigenvalue weighted by molar-refractivity contribution is 0.0314. The molecule has 0 fully saturated rings. The van der Waals surface area contributed by atoms with Crippen molar-refractivity contribution in [1.29, 1.82) is 0 Å². The van der Waals surface area contributed by atoms with Gasteiger partial charge in [-0.25, -0.2) is 9.59 Å². The molecule has 0 aliphatic carbocycles. The van der Waals surface area contributed by atoms with Crippen molar-refractivity contribution in [2.75, 3.05) is 14.2 Å². The fourth-order valence-corrected chi connectivity index (χ4v) is 2.70. The Labute approximate surface area is 151 Å². The Morgan fingerprint density at radius 2 is 1.69 bits per heavy atom. The second kappa shape index (κ2) is 7.86. The second-order valence-corrected chi connectivity index (χ2v) is 5.73. The lowest BCUT2D eigenvalue weighted by atomic mass is 10.1. The number of hydrogen-bond donors (Lipinski definition) is 1. The van der Waals surface area contributed by atoms with E-state index in [4.69, 9.17) is 14.2 Å². The molecule has 1 atom stereocenters. The average molecular weight is 359 g/mol. The molecule has 138 valence electrons. The van der Waals surface area contributed by atoms with Crippen LogP contribution in [0.25, 0.3) is 0 Å². The van der Waals surface area contributed by atoms with Crippen LogP contribution >= 0.6 is 0 Å². The summed E-state index contributed by atoms with van der Waals surface area (Å²) < 4.78 is 15.1. The highest BCUT2D eigenvalue weighted by Gasteiger charge is 2.28. The number of aryl methyl sites for hydroxylation is 1. The van der Waals surface area contributed by atoms with Crippen LogP contribution in [0.2, 0.25) is 0 Å². The highest BCUT2D eigenvalue weighted by atomic mass is 16.5. The zero-order valence-electron chi connectivity index (χ0n) is 15.3. The monoisotopic (exact) mass is 359 g/mol. The molecule has 7 heteroatoms. The first-order valence-corrected chi connectivity index (χ1v) is 7.97. The molecule has 1 N–H and O–H groups in total. The van der Waals surface area contributed by atoms with Crippen LogP contribution in [-0.4, -0.2) is 43.0 Å². The van der Waals surface area contributed by atoms with Gasteiger partial charge >= 0.3 is 11.9 Å². The Morgan fingerprint density at radius 3 is 2.31 bits per heavy atom. The molecule has 26 heavy (non-hydrogen) atoms. The maximum Gasteiger partial charge on any atom is 0.342 e. The Morgan fingerprint density at radius 1 is 1.04 bits per heavy atom. The van der Waals surface area contributed by atoms with Crippen LogP contribution in [0.15, 0.2) is 24.3 Å². The number of carbonyl (C=O) groups excluding carboxylic acids is 3. The lowest BCUT2D eigenvalue weighted by Gasteiger charge is -2.13. The van der Waals surface area contributed by atoms with E-state index in [1.807, 2.05) is 0 Å². The van der Waals surface area contributed by atoms with Gasteiger partial charge in [-0.15, -0.1) is 0 Å². The lowest BCUT2D eigenvalue weighted by Crippen LogP contribution is -2.25. The fraction of sp³-hybridized carbons (Fsp3) is 0.316. The number of hydrogen-bond acceptors (Lipinski definition) is 6. The van der Waals surface area contributed by atoms with Crippen LogP contribution in [-0.2, 0) is 9.47 Å². The number of para-hydroxylation sites is 1. The van der Waals surface area contributed by atoms with Crippen LogP contribution in [0.5, 0.6) is 5.75 Å². The highest BCUT2D eigenvalue weighted by molar-refractivity contribution is 6.04. The van der Waals surface area contributed by atoms with Crippen molar-refractivity contribution in [2.24, 2.45) is 0 Å². The topological polar surface area (TPSA) is 94.7 Å². The third kappa shape index (κ3) is 3.61. The summed E-state index contributed by atoms with van der Waals surface area (Å²) in [4.78, 5) is 39.7. The standard InChI is InChI=1S/C19H21NO6/c1-10-15(19(23)25-5)11(2)20-16(10)17(21)12(3)26-18(22)13-8-6-7-9-14(13)24-4/h6-9,12,20H,1-5H3/t12-/m1/s1. The zero-order valence-corrected chi connectivity index (χ0v) is 15.3. The highest BCUT2D eigenvalue weighted by Crippen LogP contribution is 2.22. The molecule has 0 bridgehead atoms. The summed E-state index contributed by atoms with van der Waals surface area (Å²) in [7, 11) is 2.72. The zero-order chi connectivity index (χ0) is 19.4. The van der Waals surface area contributed by atoms with E-state index in [-0.39, 0.29) is 11.3 Å². The van der Waals surface area contributed by atoms with Gasteiger partial charge in [-0.3, -0.25) is 4.79 Å². The number of aromatic nitrogens is 1. The Bertz CT molecular complexity index is 852. The van der Waals surface area contributed by atoms with E-state index in [2.05, 4.69) is 4.98 Å². The Balaban J connectivity index is 2.23. The van der Waals surface area contributed by atoms with Gasteiger partial charge in [0, 0.05) is 5.69 Å². The van der Waals surface area contributed by atoms with Crippen LogP contribution < -0.4 is 4.74 Å². The van der Waals surface area contributed by atoms with Crippen LogP contribution in [0.4, 0.5) is 0 Å². The molecule has 0 unspecified atom stereocenters. The van der Waals surface area contributed by atoms with E-state index >= 15 is 0 Å². The number of esters is 2. The van der Waals surface area contributed by atoms with Gasteiger partial charge in [-0.2, -0.15) is 0 Å². The summed E-state index contributed by atoms with van der Waals surface area (Å²) in [6.07, 6.45) is -1.05. The molecule has 2 aromatic rings. The number of ether oxygens (including phenoxy) is 3. The first-order chi connectivity index (χ1) is 12.3. The van der Waals surface area contributed by atoms with E-state index in [0.717, 1.165) is 0 Å². The summed E-state index contributed by atoms with van der Waals surface area (Å²) in [5.41, 5.74) is 1.71. The van der Waals surface area contributed by atoms with E-state index < -0.39 is 23.8 Å². The van der Waals surface area contributed by atoms with Crippen molar-refractivity contribution >= 4 is 17.7 Å². The maximum absolute atomic E-state index is 12.7. The van der Waals surface area contributed by atoms with E-state index in [0.29, 0.717) is 22.6 Å². The van der Waals surface area contributed by atoms with Gasteiger partial charge < -0.3 is 19.2 Å². The molecular formula is C19H21NO6. The van der Waals surface area contributed by atoms with Crippen molar-refractivity contribution in [3.63, 3.8) is 0 Å². The van der Waals surface area contributed by atoms with E-state index in [1.54, 1.807) is 38.1 Å². The largest absolute Gasteiger partial charge is 0.496 e. The molecule has 0 saturated carbocycles. The number of methoxy groups -OCH3 is 2. The first-order valence-electron chi connectivity index (χ1n) is 7.97. The molecule has 0 radical (unpaired) electrons. The molecular weight excluding hydrogens is 338 g/mol. The van der Waals surface area contributed by atoms with Gasteiger partial charge in [0.25, 0.3) is 0 Å². The van der Waals surface area contributed by atoms with Gasteiger partial charge in [-0.05, 0) is 38.5 Å². The van der Waals surface area contributed by atoms with Crippen LogP contribution in [0, 0.1) is 13.8 Å². The van der Waals surface area contributed by atoms with Gasteiger partial charge in [-0.1, -0.05) is 12.1 Å². The number of H-pyrrole nitrogens is 1. The molecule has 0 aliphatic rings. The van der Waals surface area contributed by atoms with Crippen molar-refractivity contribution < 1.29 is 28.6 Å². The molecule has 1 aromatic carbocycles. The number of rotatable bonds is 6. The number of nitrogens with one attached hydrogen (secondary N) is 1. The molecule has 0 saturated heterocycles. The first kappa shape index (κ1) is 19.2. The second-order valence-electron chi connectivity index (χ2n) is 5.73. The summed E-state index contributed by atoms with van der Waals surface area (Å²) in [6, 6.07) is 6.58. The average Bonchev–Trinajstić information content (AvgIpc) is 2.94. The minimum atomic E-state index is -1.05. The van der Waals surface area contributed by atoms with Gasteiger partial charge in [0.1, 0.15) is 11.3 Å². The van der Waals surface area contributed by atoms with Crippen LogP contribution in [0.3, 0.4) is 0 Å². The van der Waals surface area contributed by atoms with Gasteiger partial charge in [0.15, 0.2) is 6.10 Å². The van der Waals surface area contributed by atoms with Crippen molar-refractivity contribution in [2.45, 2.75) is 26.9 Å². The Hall–Kier alpha value is -3.09. The summed E-state index contributed by atoms with van der Waals surface area (Å²) in [5.74, 6) is -1.28. The van der Waals surface area contributed by atoms with Crippen LogP contribution in [0.1, 0.15) is 49.4 Å². The fourth-order valence-electron chi connectivity index (χ4n) is 2.70. The maximum atomic E-state index is 12.7. The number of aromatic amines is 1. The minimum absolute atomic E-state index is 0.211. The quantitative estimate of drug-likeness (QED) is 0.629. The smallest absolute Gasteiger partial charge is 0.342 e. The van der Waals surface area contributed by atoms with E-state index in [1.165, 1.54) is 21.1 Å². The Kier molecular flexibility index (Phi) is 5.82. The van der Waals surface area contributed by atoms with Gasteiger partial charge in [0.2, 0.25) is 5.78 Å². The molecule has 0 spiro atoms. The number of benzene rings is 1. The number of carbonyl (C=O) groups is 3. The molecule has 2 rings (SSSR count). The SMILES string of the molecule is COC(=O)c1c(C)[nH]c(C(=O)[C@@H](C)OC(=O)c2ccccc2OC)c1C. The molecule has 0 amide bonds. The van der Waals surface area contributed by atoms with Crippen molar-refractivity contribution in [3.8, 4) is 5.75 Å².